The van der Waals surface area contributed by atoms with Gasteiger partial charge in [0.2, 0.25) is 0 Å². The molecule has 9 heteroatoms. The molecule has 3 aromatic rings. The van der Waals surface area contributed by atoms with Gasteiger partial charge in [-0.2, -0.15) is 0 Å². The molecule has 0 spiro atoms. The van der Waals surface area contributed by atoms with Gasteiger partial charge < -0.3 is 20.9 Å². The number of aromatic nitrogens is 4. The number of carbonyl (C=O) groups excluding carboxylic acids is 1. The van der Waals surface area contributed by atoms with Gasteiger partial charge in [-0.3, -0.25) is 4.79 Å². The monoisotopic (exact) mass is 477 g/mol. The maximum absolute atomic E-state index is 13.0. The van der Waals surface area contributed by atoms with E-state index >= 15 is 0 Å². The maximum Gasteiger partial charge on any atom is 0.256 e. The fourth-order valence-corrected chi connectivity index (χ4v) is 3.90. The molecule has 1 amide bonds. The largest absolute Gasteiger partial charge is 0.383 e. The first-order valence-corrected chi connectivity index (χ1v) is 9.77. The van der Waals surface area contributed by atoms with Crippen LogP contribution in [0.25, 0.3) is 11.0 Å². The van der Waals surface area contributed by atoms with Gasteiger partial charge in [0.25, 0.3) is 5.91 Å². The second kappa shape index (κ2) is 6.95. The lowest BCUT2D eigenvalue weighted by molar-refractivity contribution is 0.0778. The molecule has 2 aromatic heterocycles. The molecule has 4 rings (SSSR count). The number of fused-ring (bicyclic) bond motifs is 1. The maximum atomic E-state index is 13.0. The van der Waals surface area contributed by atoms with Crippen molar-refractivity contribution in [1.82, 2.24) is 24.8 Å². The minimum Gasteiger partial charge on any atom is -0.383 e. The smallest absolute Gasteiger partial charge is 0.256 e. The number of nitrogens with one attached hydrogen (secondary N) is 2. The highest BCUT2D eigenvalue weighted by atomic mass is 127. The summed E-state index contributed by atoms with van der Waals surface area (Å²) in [5, 5.41) is 3.41. The number of para-hydroxylation sites is 1. The van der Waals surface area contributed by atoms with Crippen molar-refractivity contribution >= 4 is 51.2 Å². The van der Waals surface area contributed by atoms with Gasteiger partial charge in [-0.1, -0.05) is 6.07 Å². The molecular formula is C18H20IN7O. The van der Waals surface area contributed by atoms with Crippen LogP contribution in [0.4, 0.5) is 11.6 Å². The number of anilines is 2. The van der Waals surface area contributed by atoms with E-state index in [-0.39, 0.29) is 18.0 Å². The second-order valence-corrected chi connectivity index (χ2v) is 7.92. The molecule has 0 saturated heterocycles. The third kappa shape index (κ3) is 3.31. The van der Waals surface area contributed by atoms with E-state index in [1.54, 1.807) is 6.33 Å². The van der Waals surface area contributed by atoms with Crippen molar-refractivity contribution in [3.05, 3.63) is 40.0 Å². The van der Waals surface area contributed by atoms with Gasteiger partial charge in [-0.25, -0.2) is 15.0 Å². The first kappa shape index (κ1) is 18.0. The molecule has 1 aliphatic carbocycles. The number of aromatic amines is 1. The summed E-state index contributed by atoms with van der Waals surface area (Å²) >= 11 is 2.14. The normalized spacial score (nSPS) is 19.7. The molecule has 8 nitrogen and oxygen atoms in total. The van der Waals surface area contributed by atoms with Crippen molar-refractivity contribution in [1.29, 1.82) is 0 Å². The Kier molecular flexibility index (Phi) is 4.62. The van der Waals surface area contributed by atoms with Gasteiger partial charge in [0.05, 0.1) is 21.0 Å². The van der Waals surface area contributed by atoms with Crippen LogP contribution >= 0.6 is 22.6 Å². The van der Waals surface area contributed by atoms with Crippen LogP contribution in [0.1, 0.15) is 23.7 Å². The fourth-order valence-electron chi connectivity index (χ4n) is 3.47. The van der Waals surface area contributed by atoms with E-state index in [4.69, 9.17) is 5.73 Å². The van der Waals surface area contributed by atoms with Crippen LogP contribution in [0, 0.1) is 9.49 Å². The van der Waals surface area contributed by atoms with Crippen molar-refractivity contribution in [2.75, 3.05) is 18.1 Å². The first-order valence-electron chi connectivity index (χ1n) is 8.69. The molecule has 140 valence electrons. The Bertz CT molecular complexity index is 1000. The zero-order valence-electron chi connectivity index (χ0n) is 15.0. The molecule has 4 N–H and O–H groups in total. The predicted octanol–water partition coefficient (Wildman–Crippen LogP) is 2.50. The van der Waals surface area contributed by atoms with Crippen molar-refractivity contribution < 1.29 is 4.79 Å². The van der Waals surface area contributed by atoms with Crippen LogP contribution < -0.4 is 11.1 Å². The topological polar surface area (TPSA) is 113 Å². The van der Waals surface area contributed by atoms with Crippen molar-refractivity contribution in [2.24, 2.45) is 5.92 Å². The number of H-pyrrole nitrogens is 1. The molecule has 27 heavy (non-hydrogen) atoms. The number of halogens is 1. The van der Waals surface area contributed by atoms with Crippen LogP contribution in [0.5, 0.6) is 0 Å². The van der Waals surface area contributed by atoms with Gasteiger partial charge in [0.15, 0.2) is 0 Å². The first-order chi connectivity index (χ1) is 13.0. The number of hydrogen-bond acceptors (Lipinski definition) is 6. The van der Waals surface area contributed by atoms with E-state index < -0.39 is 0 Å². The molecule has 1 aromatic carbocycles. The Morgan fingerprint density at radius 2 is 2.22 bits per heavy atom. The molecule has 3 atom stereocenters. The average Bonchev–Trinajstić information content (AvgIpc) is 3.32. The minimum atomic E-state index is -0.00624. The van der Waals surface area contributed by atoms with Crippen LogP contribution in [0.15, 0.2) is 30.9 Å². The summed E-state index contributed by atoms with van der Waals surface area (Å²) in [6.45, 7) is 2.10. The van der Waals surface area contributed by atoms with Crippen LogP contribution in [-0.4, -0.2) is 49.9 Å². The van der Waals surface area contributed by atoms with E-state index in [9.17, 15) is 4.79 Å². The van der Waals surface area contributed by atoms with Crippen molar-refractivity contribution in [3.63, 3.8) is 0 Å². The standard InChI is InChI=1S/C18H20IN7O/c1-9(25-17-14(19)16(20)23-8-24-17)11-6-13(11)26(2)18(27)10-4-3-5-12-15(10)22-7-21-12/h3-5,7-9,11,13H,6H2,1-2H3,(H,21,22)(H3,20,23,24,25)/t9?,11?,13-/m0/s1. The SMILES string of the molecule is CC(Nc1ncnc(N)c1I)C1C[C@@H]1N(C)C(=O)c1cccc2[nH]cnc12. The van der Waals surface area contributed by atoms with E-state index in [0.717, 1.165) is 21.3 Å². The zero-order valence-corrected chi connectivity index (χ0v) is 17.1. The van der Waals surface area contributed by atoms with Crippen molar-refractivity contribution in [3.8, 4) is 0 Å². The highest BCUT2D eigenvalue weighted by molar-refractivity contribution is 14.1. The van der Waals surface area contributed by atoms with Gasteiger partial charge in [0.1, 0.15) is 23.5 Å². The van der Waals surface area contributed by atoms with E-state index in [0.29, 0.717) is 22.8 Å². The lowest BCUT2D eigenvalue weighted by Crippen LogP contribution is -2.33. The number of benzene rings is 1. The summed E-state index contributed by atoms with van der Waals surface area (Å²) in [6, 6.07) is 5.96. The highest BCUT2D eigenvalue weighted by Gasteiger charge is 2.46. The quantitative estimate of drug-likeness (QED) is 0.487. The summed E-state index contributed by atoms with van der Waals surface area (Å²) in [5.74, 6) is 1.54. The number of hydrogen-bond donors (Lipinski definition) is 3. The number of nitrogens with two attached hydrogens (primary N) is 1. The second-order valence-electron chi connectivity index (χ2n) is 6.84. The molecule has 0 bridgehead atoms. The number of nitrogens with zero attached hydrogens (tertiary/aromatic N) is 4. The minimum absolute atomic E-state index is 0.00624. The Hall–Kier alpha value is -2.43. The Balaban J connectivity index is 1.45. The average molecular weight is 477 g/mol. The molecule has 2 heterocycles. The molecule has 1 saturated carbocycles. The van der Waals surface area contributed by atoms with Crippen molar-refractivity contribution in [2.45, 2.75) is 25.4 Å². The summed E-state index contributed by atoms with van der Waals surface area (Å²) in [4.78, 5) is 30.4. The predicted molar refractivity (Wildman–Crippen MR) is 112 cm³/mol. The van der Waals surface area contributed by atoms with Gasteiger partial charge in [-0.05, 0) is 48.1 Å². The van der Waals surface area contributed by atoms with Crippen LogP contribution in [-0.2, 0) is 0 Å². The third-order valence-electron chi connectivity index (χ3n) is 5.13. The molecular weight excluding hydrogens is 457 g/mol. The summed E-state index contributed by atoms with van der Waals surface area (Å²) in [6.07, 6.45) is 4.02. The number of rotatable bonds is 5. The highest BCUT2D eigenvalue weighted by Crippen LogP contribution is 2.40. The van der Waals surface area contributed by atoms with Gasteiger partial charge >= 0.3 is 0 Å². The Morgan fingerprint density at radius 1 is 1.41 bits per heavy atom. The van der Waals surface area contributed by atoms with E-state index in [1.807, 2.05) is 30.1 Å². The number of nitrogen functional groups attached to an aromatic ring is 1. The molecule has 1 aliphatic rings. The van der Waals surface area contributed by atoms with Gasteiger partial charge in [0, 0.05) is 25.0 Å². The summed E-state index contributed by atoms with van der Waals surface area (Å²) < 4.78 is 0.814. The Morgan fingerprint density at radius 3 is 3.04 bits per heavy atom. The molecule has 2 unspecified atom stereocenters. The third-order valence-corrected chi connectivity index (χ3v) is 6.19. The summed E-state index contributed by atoms with van der Waals surface area (Å²) in [5.41, 5.74) is 8.05. The molecule has 1 fully saturated rings. The van der Waals surface area contributed by atoms with E-state index in [1.165, 1.54) is 6.33 Å². The Labute approximate surface area is 170 Å². The van der Waals surface area contributed by atoms with Gasteiger partial charge in [-0.15, -0.1) is 0 Å². The van der Waals surface area contributed by atoms with E-state index in [2.05, 4.69) is 54.8 Å². The number of amides is 1. The van der Waals surface area contributed by atoms with Crippen LogP contribution in [0.3, 0.4) is 0 Å². The number of carbonyl (C=O) groups is 1. The molecule has 0 aliphatic heterocycles. The number of imidazole rings is 1. The summed E-state index contributed by atoms with van der Waals surface area (Å²) in [7, 11) is 1.86. The lowest BCUT2D eigenvalue weighted by Gasteiger charge is -2.21. The molecule has 0 radical (unpaired) electrons. The zero-order chi connectivity index (χ0) is 19.1. The van der Waals surface area contributed by atoms with Crippen LogP contribution in [0.2, 0.25) is 0 Å². The fraction of sp³-hybridized carbons (Fsp3) is 0.333. The lowest BCUT2D eigenvalue weighted by atomic mass is 10.1.